The van der Waals surface area contributed by atoms with E-state index in [0.29, 0.717) is 0 Å². The van der Waals surface area contributed by atoms with Gasteiger partial charge in [0.05, 0.1) is 6.04 Å². The van der Waals surface area contributed by atoms with Crippen molar-refractivity contribution in [3.63, 3.8) is 0 Å². The van der Waals surface area contributed by atoms with Crippen LogP contribution in [0.4, 0.5) is 0 Å². The molecule has 1 heteroatoms. The second-order valence-corrected chi connectivity index (χ2v) is 4.73. The Morgan fingerprint density at radius 1 is 0.789 bits per heavy atom. The van der Waals surface area contributed by atoms with Crippen molar-refractivity contribution in [1.82, 2.24) is 0 Å². The third-order valence-corrected chi connectivity index (χ3v) is 3.67. The van der Waals surface area contributed by atoms with Crippen molar-refractivity contribution in [1.29, 1.82) is 0 Å². The fourth-order valence-corrected chi connectivity index (χ4v) is 2.77. The van der Waals surface area contributed by atoms with Gasteiger partial charge in [-0.15, -0.1) is 0 Å². The molecule has 0 spiro atoms. The average molecular weight is 253 g/mol. The molecule has 0 saturated carbocycles. The zero-order chi connectivity index (χ0) is 13.7. The van der Waals surface area contributed by atoms with Crippen LogP contribution in [0.3, 0.4) is 0 Å². The van der Waals surface area contributed by atoms with E-state index in [1.165, 1.54) is 28.7 Å². The number of hydrogen-bond acceptors (Lipinski definition) is 1. The molecule has 100 valence electrons. The molecule has 1 nitrogen and oxygen atoms in total. The molecule has 2 aromatic rings. The van der Waals surface area contributed by atoms with Crippen LogP contribution in [-0.4, -0.2) is 0 Å². The Morgan fingerprint density at radius 3 is 1.68 bits per heavy atom. The van der Waals surface area contributed by atoms with Crippen LogP contribution in [0, 0.1) is 0 Å². The minimum absolute atomic E-state index is 0.0303. The van der Waals surface area contributed by atoms with Crippen LogP contribution < -0.4 is 5.73 Å². The van der Waals surface area contributed by atoms with Gasteiger partial charge in [-0.25, -0.2) is 0 Å². The topological polar surface area (TPSA) is 26.0 Å². The van der Waals surface area contributed by atoms with E-state index in [1.54, 1.807) is 0 Å². The molecule has 2 N–H and O–H groups in total. The lowest BCUT2D eigenvalue weighted by molar-refractivity contribution is 0.740. The zero-order valence-electron chi connectivity index (χ0n) is 11.9. The summed E-state index contributed by atoms with van der Waals surface area (Å²) < 4.78 is 0. The molecule has 0 aliphatic heterocycles. The van der Waals surface area contributed by atoms with Crippen LogP contribution in [0.1, 0.15) is 48.6 Å². The Kier molecular flexibility index (Phi) is 4.75. The van der Waals surface area contributed by atoms with Gasteiger partial charge in [0, 0.05) is 0 Å². The van der Waals surface area contributed by atoms with Crippen LogP contribution in [0.15, 0.2) is 48.5 Å². The van der Waals surface area contributed by atoms with Crippen molar-refractivity contribution >= 4 is 0 Å². The van der Waals surface area contributed by atoms with Crippen molar-refractivity contribution < 1.29 is 0 Å². The van der Waals surface area contributed by atoms with Gasteiger partial charge in [0.2, 0.25) is 0 Å². The number of aryl methyl sites for hydroxylation is 2. The van der Waals surface area contributed by atoms with E-state index in [9.17, 15) is 0 Å². The molecule has 19 heavy (non-hydrogen) atoms. The highest BCUT2D eigenvalue weighted by molar-refractivity contribution is 5.42. The summed E-state index contributed by atoms with van der Waals surface area (Å²) in [5.41, 5.74) is 11.8. The summed E-state index contributed by atoms with van der Waals surface area (Å²) >= 11 is 0. The maximum Gasteiger partial charge on any atom is 0.0557 e. The molecule has 0 aromatic heterocycles. The van der Waals surface area contributed by atoms with Gasteiger partial charge in [0.15, 0.2) is 0 Å². The van der Waals surface area contributed by atoms with Gasteiger partial charge >= 0.3 is 0 Å². The third kappa shape index (κ3) is 2.87. The van der Waals surface area contributed by atoms with Crippen molar-refractivity contribution in [3.8, 4) is 0 Å². The average Bonchev–Trinajstić information content (AvgIpc) is 2.48. The number of nitrogens with two attached hydrogens (primary N) is 1. The highest BCUT2D eigenvalue weighted by Crippen LogP contribution is 2.29. The van der Waals surface area contributed by atoms with E-state index in [-0.39, 0.29) is 6.04 Å². The van der Waals surface area contributed by atoms with Gasteiger partial charge in [-0.2, -0.15) is 0 Å². The van der Waals surface area contributed by atoms with Crippen molar-refractivity contribution in [3.05, 3.63) is 70.8 Å². The first-order valence-electron chi connectivity index (χ1n) is 7.27. The van der Waals surface area contributed by atoms with Crippen LogP contribution in [0.5, 0.6) is 0 Å². The summed E-state index contributed by atoms with van der Waals surface area (Å²) in [6.45, 7) is 4.00. The lowest BCUT2D eigenvalue weighted by Gasteiger charge is -2.22. The molecule has 2 aromatic carbocycles. The summed E-state index contributed by atoms with van der Waals surface area (Å²) in [5, 5.41) is 0. The van der Waals surface area contributed by atoms with E-state index in [4.69, 9.17) is 5.73 Å². The number of rotatable bonds is 0. The molecule has 0 saturated heterocycles. The molecule has 3 rings (SSSR count). The Bertz CT molecular complexity index is 483. The molecule has 0 fully saturated rings. The highest BCUT2D eigenvalue weighted by Gasteiger charge is 2.17. The van der Waals surface area contributed by atoms with Crippen LogP contribution >= 0.6 is 0 Å². The minimum Gasteiger partial charge on any atom is -0.320 e. The first-order valence-corrected chi connectivity index (χ1v) is 7.27. The highest BCUT2D eigenvalue weighted by atomic mass is 14.6. The largest absolute Gasteiger partial charge is 0.320 e. The number of benzene rings is 2. The summed E-state index contributed by atoms with van der Waals surface area (Å²) in [5.74, 6) is 0. The van der Waals surface area contributed by atoms with Gasteiger partial charge < -0.3 is 5.73 Å². The SMILES string of the molecule is CC.NC1c2ccccc2CCCc2ccccc21. The monoisotopic (exact) mass is 253 g/mol. The van der Waals surface area contributed by atoms with Crippen LogP contribution in [-0.2, 0) is 12.8 Å². The van der Waals surface area contributed by atoms with Gasteiger partial charge in [-0.1, -0.05) is 62.4 Å². The first kappa shape index (κ1) is 13.8. The number of hydrogen-bond donors (Lipinski definition) is 1. The van der Waals surface area contributed by atoms with Gasteiger partial charge in [-0.05, 0) is 41.5 Å². The maximum absolute atomic E-state index is 6.43. The normalized spacial score (nSPS) is 14.3. The Morgan fingerprint density at radius 2 is 1.21 bits per heavy atom. The third-order valence-electron chi connectivity index (χ3n) is 3.67. The minimum atomic E-state index is 0.0303. The Balaban J connectivity index is 0.000000637. The summed E-state index contributed by atoms with van der Waals surface area (Å²) in [6, 6.07) is 17.2. The molecule has 0 radical (unpaired) electrons. The van der Waals surface area contributed by atoms with Crippen molar-refractivity contribution in [2.75, 3.05) is 0 Å². The van der Waals surface area contributed by atoms with Crippen LogP contribution in [0.2, 0.25) is 0 Å². The van der Waals surface area contributed by atoms with E-state index in [2.05, 4.69) is 48.5 Å². The van der Waals surface area contributed by atoms with Gasteiger partial charge in [-0.3, -0.25) is 0 Å². The van der Waals surface area contributed by atoms with E-state index in [1.807, 2.05) is 13.8 Å². The molecular formula is C18H23N. The predicted octanol–water partition coefficient (Wildman–Crippen LogP) is 4.25. The summed E-state index contributed by atoms with van der Waals surface area (Å²) in [6.07, 6.45) is 3.48. The Labute approximate surface area is 116 Å². The smallest absolute Gasteiger partial charge is 0.0557 e. The second kappa shape index (κ2) is 6.53. The van der Waals surface area contributed by atoms with E-state index in [0.717, 1.165) is 12.8 Å². The molecule has 0 bridgehead atoms. The quantitative estimate of drug-likeness (QED) is 0.746. The lowest BCUT2D eigenvalue weighted by Crippen LogP contribution is -2.18. The van der Waals surface area contributed by atoms with E-state index < -0.39 is 0 Å². The molecule has 0 atom stereocenters. The molecule has 0 amide bonds. The molecule has 0 unspecified atom stereocenters. The number of fused-ring (bicyclic) bond motifs is 2. The predicted molar refractivity (Wildman–Crippen MR) is 82.3 cm³/mol. The summed E-state index contributed by atoms with van der Waals surface area (Å²) in [7, 11) is 0. The maximum atomic E-state index is 6.43. The summed E-state index contributed by atoms with van der Waals surface area (Å²) in [4.78, 5) is 0. The Hall–Kier alpha value is -1.60. The van der Waals surface area contributed by atoms with Crippen LogP contribution in [0.25, 0.3) is 0 Å². The fraction of sp³-hybridized carbons (Fsp3) is 0.333. The molecular weight excluding hydrogens is 230 g/mol. The van der Waals surface area contributed by atoms with Gasteiger partial charge in [0.1, 0.15) is 0 Å². The van der Waals surface area contributed by atoms with E-state index >= 15 is 0 Å². The van der Waals surface area contributed by atoms with Crippen molar-refractivity contribution in [2.45, 2.75) is 39.2 Å². The molecule has 0 heterocycles. The molecule has 1 aliphatic rings. The molecule has 1 aliphatic carbocycles. The van der Waals surface area contributed by atoms with Crippen molar-refractivity contribution in [2.24, 2.45) is 5.73 Å². The fourth-order valence-electron chi connectivity index (χ4n) is 2.77. The first-order chi connectivity index (χ1) is 9.36. The second-order valence-electron chi connectivity index (χ2n) is 4.73. The zero-order valence-corrected chi connectivity index (χ0v) is 11.9. The standard InChI is InChI=1S/C16H17N.C2H6/c17-16-14-10-3-1-6-12(14)8-5-9-13-7-2-4-11-15(13)16;1-2/h1-4,6-7,10-11,16H,5,8-9,17H2;1-2H3. The van der Waals surface area contributed by atoms with Gasteiger partial charge in [0.25, 0.3) is 0 Å². The lowest BCUT2D eigenvalue weighted by atomic mass is 9.86.